The normalized spacial score (nSPS) is 14.6. The molecule has 1 fully saturated rings. The first-order valence-corrected chi connectivity index (χ1v) is 11.3. The highest BCUT2D eigenvalue weighted by atomic mass is 32.2. The van der Waals surface area contributed by atoms with Crippen LogP contribution in [0.15, 0.2) is 58.5 Å². The zero-order chi connectivity index (χ0) is 20.8. The Labute approximate surface area is 180 Å². The van der Waals surface area contributed by atoms with Crippen LogP contribution >= 0.6 is 11.8 Å². The number of thioether (sulfide) groups is 1. The Balaban J connectivity index is 1.57. The molecular weight excluding hydrogens is 396 g/mol. The number of nitrogens with zero attached hydrogens (tertiary/aromatic N) is 3. The summed E-state index contributed by atoms with van der Waals surface area (Å²) in [4.78, 5) is 19.5. The van der Waals surface area contributed by atoms with Crippen LogP contribution < -0.4 is 10.5 Å². The molecule has 0 bridgehead atoms. The minimum absolute atomic E-state index is 0.00801. The summed E-state index contributed by atoms with van der Waals surface area (Å²) in [5, 5.41) is 10.7. The van der Waals surface area contributed by atoms with E-state index in [0.717, 1.165) is 44.8 Å². The Kier molecular flexibility index (Phi) is 6.80. The van der Waals surface area contributed by atoms with Gasteiger partial charge < -0.3 is 9.64 Å². The molecule has 0 radical (unpaired) electrons. The molecule has 6 nitrogen and oxygen atoms in total. The van der Waals surface area contributed by atoms with Crippen LogP contribution in [0.5, 0.6) is 0 Å². The van der Waals surface area contributed by atoms with Crippen molar-refractivity contribution in [2.75, 3.05) is 32.8 Å². The van der Waals surface area contributed by atoms with Crippen LogP contribution in [0.25, 0.3) is 10.9 Å². The number of nitrogens with one attached hydrogen (secondary N) is 1. The second kappa shape index (κ2) is 9.90. The van der Waals surface area contributed by atoms with Crippen LogP contribution in [0.4, 0.5) is 0 Å². The van der Waals surface area contributed by atoms with Crippen molar-refractivity contribution in [3.8, 4) is 6.07 Å². The summed E-state index contributed by atoms with van der Waals surface area (Å²) < 4.78 is 7.24. The Bertz CT molecular complexity index is 1120. The number of quaternary nitrogens is 1. The summed E-state index contributed by atoms with van der Waals surface area (Å²) in [6.45, 7) is 5.33. The van der Waals surface area contributed by atoms with E-state index in [2.05, 4.69) is 6.07 Å². The largest absolute Gasteiger partial charge is 0.370 e. The standard InChI is InChI=1S/C23H24N4O2S/c24-16-18-6-1-2-7-19(18)17-30-23-25-21-9-4-3-8-20(21)22(28)27(23)11-5-10-26-12-14-29-15-13-26/h1-4,6-9H,5,10-15,17H2/p+1. The maximum atomic E-state index is 13.2. The lowest BCUT2D eigenvalue weighted by Gasteiger charge is -2.24. The summed E-state index contributed by atoms with van der Waals surface area (Å²) in [5.74, 6) is 0.600. The van der Waals surface area contributed by atoms with Crippen molar-refractivity contribution in [1.29, 1.82) is 5.26 Å². The van der Waals surface area contributed by atoms with E-state index in [4.69, 9.17) is 9.72 Å². The van der Waals surface area contributed by atoms with E-state index in [0.29, 0.717) is 33.9 Å². The van der Waals surface area contributed by atoms with E-state index in [1.54, 1.807) is 0 Å². The van der Waals surface area contributed by atoms with Crippen molar-refractivity contribution in [3.63, 3.8) is 0 Å². The molecule has 1 aliphatic rings. The predicted molar refractivity (Wildman–Crippen MR) is 118 cm³/mol. The van der Waals surface area contributed by atoms with Crippen molar-refractivity contribution in [2.24, 2.45) is 0 Å². The zero-order valence-electron chi connectivity index (χ0n) is 16.8. The lowest BCUT2D eigenvalue weighted by atomic mass is 10.1. The third-order valence-corrected chi connectivity index (χ3v) is 6.46. The SMILES string of the molecule is N#Cc1ccccc1CSc1nc2ccccc2c(=O)n1CCC[NH+]1CCOCC1. The summed E-state index contributed by atoms with van der Waals surface area (Å²) >= 11 is 1.52. The summed E-state index contributed by atoms with van der Waals surface area (Å²) in [5.41, 5.74) is 2.34. The molecule has 7 heteroatoms. The van der Waals surface area contributed by atoms with Gasteiger partial charge in [-0.3, -0.25) is 9.36 Å². The lowest BCUT2D eigenvalue weighted by Crippen LogP contribution is -3.14. The molecule has 3 aromatic rings. The first-order valence-electron chi connectivity index (χ1n) is 10.3. The van der Waals surface area contributed by atoms with Crippen LogP contribution in [0.3, 0.4) is 0 Å². The van der Waals surface area contributed by atoms with E-state index in [1.807, 2.05) is 53.1 Å². The Morgan fingerprint density at radius 1 is 1.13 bits per heavy atom. The third kappa shape index (κ3) is 4.73. The van der Waals surface area contributed by atoms with Crippen molar-refractivity contribution in [3.05, 3.63) is 70.0 Å². The number of benzene rings is 2. The molecule has 154 valence electrons. The molecule has 0 amide bonds. The lowest BCUT2D eigenvalue weighted by molar-refractivity contribution is -0.908. The number of rotatable bonds is 7. The molecular formula is C23H25N4O2S+. The van der Waals surface area contributed by atoms with Gasteiger partial charge in [0.15, 0.2) is 5.16 Å². The van der Waals surface area contributed by atoms with Crippen molar-refractivity contribution < 1.29 is 9.64 Å². The molecule has 1 N–H and O–H groups in total. The number of fused-ring (bicyclic) bond motifs is 1. The minimum Gasteiger partial charge on any atom is -0.370 e. The van der Waals surface area contributed by atoms with Crippen LogP contribution in [0.1, 0.15) is 17.5 Å². The first kappa shape index (κ1) is 20.6. The van der Waals surface area contributed by atoms with E-state index >= 15 is 0 Å². The van der Waals surface area contributed by atoms with E-state index in [-0.39, 0.29) is 5.56 Å². The molecule has 0 aliphatic carbocycles. The molecule has 1 saturated heterocycles. The molecule has 0 unspecified atom stereocenters. The smallest absolute Gasteiger partial charge is 0.262 e. The quantitative estimate of drug-likeness (QED) is 0.466. The number of hydrogen-bond acceptors (Lipinski definition) is 5. The van der Waals surface area contributed by atoms with Gasteiger partial charge in [0.05, 0.1) is 42.3 Å². The number of ether oxygens (including phenoxy) is 1. The average Bonchev–Trinajstić information content (AvgIpc) is 2.80. The molecule has 0 spiro atoms. The molecule has 1 aromatic heterocycles. The molecule has 2 aromatic carbocycles. The number of aromatic nitrogens is 2. The van der Waals surface area contributed by atoms with Gasteiger partial charge in [-0.2, -0.15) is 5.26 Å². The maximum Gasteiger partial charge on any atom is 0.262 e. The van der Waals surface area contributed by atoms with E-state index < -0.39 is 0 Å². The van der Waals surface area contributed by atoms with Gasteiger partial charge in [-0.05, 0) is 23.8 Å². The molecule has 1 aliphatic heterocycles. The van der Waals surface area contributed by atoms with Crippen molar-refractivity contribution >= 4 is 22.7 Å². The first-order chi connectivity index (χ1) is 14.8. The van der Waals surface area contributed by atoms with Gasteiger partial charge in [-0.25, -0.2) is 4.98 Å². The Morgan fingerprint density at radius 2 is 1.90 bits per heavy atom. The van der Waals surface area contributed by atoms with Crippen LogP contribution in [-0.4, -0.2) is 42.4 Å². The second-order valence-electron chi connectivity index (χ2n) is 7.39. The molecule has 0 saturated carbocycles. The van der Waals surface area contributed by atoms with Gasteiger partial charge in [0.25, 0.3) is 5.56 Å². The fraction of sp³-hybridized carbons (Fsp3) is 0.348. The number of nitriles is 1. The second-order valence-corrected chi connectivity index (χ2v) is 8.33. The zero-order valence-corrected chi connectivity index (χ0v) is 17.7. The highest BCUT2D eigenvalue weighted by Crippen LogP contribution is 2.24. The number of morpholine rings is 1. The minimum atomic E-state index is 0.00801. The van der Waals surface area contributed by atoms with Gasteiger partial charge in [-0.15, -0.1) is 0 Å². The van der Waals surface area contributed by atoms with Crippen molar-refractivity contribution in [1.82, 2.24) is 9.55 Å². The number of para-hydroxylation sites is 1. The van der Waals surface area contributed by atoms with E-state index in [1.165, 1.54) is 16.7 Å². The Morgan fingerprint density at radius 3 is 2.73 bits per heavy atom. The summed E-state index contributed by atoms with van der Waals surface area (Å²) in [6.07, 6.45) is 0.914. The summed E-state index contributed by atoms with van der Waals surface area (Å²) in [7, 11) is 0. The van der Waals surface area contributed by atoms with Crippen molar-refractivity contribution in [2.45, 2.75) is 23.9 Å². The van der Waals surface area contributed by atoms with Crippen LogP contribution in [0.2, 0.25) is 0 Å². The average molecular weight is 422 g/mol. The van der Waals surface area contributed by atoms with Gasteiger partial charge in [0.2, 0.25) is 0 Å². The van der Waals surface area contributed by atoms with Gasteiger partial charge in [0, 0.05) is 18.7 Å². The predicted octanol–water partition coefficient (Wildman–Crippen LogP) is 1.87. The van der Waals surface area contributed by atoms with Crippen LogP contribution in [-0.2, 0) is 17.0 Å². The van der Waals surface area contributed by atoms with Gasteiger partial charge in [0.1, 0.15) is 13.1 Å². The molecule has 0 atom stereocenters. The topological polar surface area (TPSA) is 72.3 Å². The Hall–Kier alpha value is -2.66. The van der Waals surface area contributed by atoms with Gasteiger partial charge >= 0.3 is 0 Å². The monoisotopic (exact) mass is 421 g/mol. The fourth-order valence-electron chi connectivity index (χ4n) is 3.75. The highest BCUT2D eigenvalue weighted by Gasteiger charge is 2.16. The molecule has 2 heterocycles. The van der Waals surface area contributed by atoms with Crippen LogP contribution in [0, 0.1) is 11.3 Å². The maximum absolute atomic E-state index is 13.2. The molecule has 4 rings (SSSR count). The number of hydrogen-bond donors (Lipinski definition) is 1. The third-order valence-electron chi connectivity index (χ3n) is 5.43. The van der Waals surface area contributed by atoms with Gasteiger partial charge in [-0.1, -0.05) is 42.1 Å². The highest BCUT2D eigenvalue weighted by molar-refractivity contribution is 7.98. The molecule has 30 heavy (non-hydrogen) atoms. The fourth-order valence-corrected chi connectivity index (χ4v) is 4.78. The van der Waals surface area contributed by atoms with E-state index in [9.17, 15) is 10.1 Å². The summed E-state index contributed by atoms with van der Waals surface area (Å²) in [6, 6.07) is 17.3.